The Bertz CT molecular complexity index is 615. The third-order valence-electron chi connectivity index (χ3n) is 4.86. The number of carbonyl (C=O) groups is 2. The first kappa shape index (κ1) is 19.8. The molecule has 0 spiro atoms. The lowest BCUT2D eigenvalue weighted by Crippen LogP contribution is -2.51. The molecule has 1 aliphatic rings. The molecule has 1 aromatic carbocycles. The minimum atomic E-state index is -0.628. The smallest absolute Gasteiger partial charge is 0.229 e. The van der Waals surface area contributed by atoms with Crippen LogP contribution < -0.4 is 5.32 Å². The van der Waals surface area contributed by atoms with Gasteiger partial charge in [-0.05, 0) is 43.4 Å². The molecule has 0 aliphatic carbocycles. The van der Waals surface area contributed by atoms with Gasteiger partial charge in [0.25, 0.3) is 0 Å². The Morgan fingerprint density at radius 3 is 2.56 bits per heavy atom. The van der Waals surface area contributed by atoms with Crippen LogP contribution in [0, 0.1) is 11.3 Å². The highest BCUT2D eigenvalue weighted by molar-refractivity contribution is 6.30. The Morgan fingerprint density at radius 2 is 2.00 bits per heavy atom. The second kappa shape index (κ2) is 8.22. The fourth-order valence-electron chi connectivity index (χ4n) is 3.62. The van der Waals surface area contributed by atoms with E-state index in [4.69, 9.17) is 11.6 Å². The van der Waals surface area contributed by atoms with Gasteiger partial charge in [-0.25, -0.2) is 0 Å². The second-order valence-corrected chi connectivity index (χ2v) is 8.08. The van der Waals surface area contributed by atoms with Gasteiger partial charge in [-0.15, -0.1) is 0 Å². The molecule has 1 fully saturated rings. The molecule has 2 rings (SSSR count). The first-order valence-corrected chi connectivity index (χ1v) is 9.48. The van der Waals surface area contributed by atoms with E-state index in [-0.39, 0.29) is 24.3 Å². The summed E-state index contributed by atoms with van der Waals surface area (Å²) in [5, 5.41) is 3.52. The van der Waals surface area contributed by atoms with Crippen LogP contribution in [0.25, 0.3) is 0 Å². The number of nitrogens with one attached hydrogen (secondary N) is 1. The Hall–Kier alpha value is -1.55. The fraction of sp³-hybridized carbons (Fsp3) is 0.600. The van der Waals surface area contributed by atoms with Crippen LogP contribution in [0.1, 0.15) is 58.6 Å². The molecule has 1 heterocycles. The lowest BCUT2D eigenvalue weighted by Gasteiger charge is -2.45. The number of nitrogens with zero attached hydrogens (tertiary/aromatic N) is 1. The molecule has 5 heteroatoms. The maximum atomic E-state index is 13.3. The molecule has 1 unspecified atom stereocenters. The zero-order chi connectivity index (χ0) is 18.6. The number of piperidine rings is 1. The average Bonchev–Trinajstić information content (AvgIpc) is 2.53. The first-order valence-electron chi connectivity index (χ1n) is 9.10. The zero-order valence-corrected chi connectivity index (χ0v) is 16.4. The van der Waals surface area contributed by atoms with Gasteiger partial charge in [-0.2, -0.15) is 0 Å². The van der Waals surface area contributed by atoms with Crippen LogP contribution in [0.4, 0.5) is 0 Å². The van der Waals surface area contributed by atoms with Gasteiger partial charge in [0.1, 0.15) is 0 Å². The molecule has 0 bridgehead atoms. The molecule has 25 heavy (non-hydrogen) atoms. The SMILES string of the molecule is CCNC(=O)C[C@@]1(C)CCC(c2ccc(Cl)cc2)N(CC(C)C)C1=O. The average molecular weight is 365 g/mol. The van der Waals surface area contributed by atoms with Crippen molar-refractivity contribution in [3.05, 3.63) is 34.9 Å². The van der Waals surface area contributed by atoms with E-state index < -0.39 is 5.41 Å². The van der Waals surface area contributed by atoms with Crippen molar-refractivity contribution in [3.63, 3.8) is 0 Å². The number of hydrogen-bond donors (Lipinski definition) is 1. The van der Waals surface area contributed by atoms with Crippen LogP contribution in [-0.2, 0) is 9.59 Å². The molecule has 1 aliphatic heterocycles. The van der Waals surface area contributed by atoms with Crippen LogP contribution in [0.2, 0.25) is 5.02 Å². The standard InChI is InChI=1S/C20H29ClN2O2/c1-5-22-18(24)12-20(4)11-10-17(15-6-8-16(21)9-7-15)23(19(20)25)13-14(2)3/h6-9,14,17H,5,10-13H2,1-4H3,(H,22,24)/t17?,20-/m1/s1. The van der Waals surface area contributed by atoms with Crippen molar-refractivity contribution in [3.8, 4) is 0 Å². The van der Waals surface area contributed by atoms with E-state index in [2.05, 4.69) is 19.2 Å². The first-order chi connectivity index (χ1) is 11.8. The van der Waals surface area contributed by atoms with Crippen molar-refractivity contribution < 1.29 is 9.59 Å². The minimum Gasteiger partial charge on any atom is -0.356 e. The highest BCUT2D eigenvalue weighted by atomic mass is 35.5. The maximum absolute atomic E-state index is 13.3. The Balaban J connectivity index is 2.26. The lowest BCUT2D eigenvalue weighted by atomic mass is 9.74. The van der Waals surface area contributed by atoms with Crippen LogP contribution >= 0.6 is 11.6 Å². The second-order valence-electron chi connectivity index (χ2n) is 7.65. The van der Waals surface area contributed by atoms with Gasteiger partial charge in [0.2, 0.25) is 11.8 Å². The maximum Gasteiger partial charge on any atom is 0.229 e. The van der Waals surface area contributed by atoms with Crippen molar-refractivity contribution in [2.45, 2.75) is 53.0 Å². The van der Waals surface area contributed by atoms with Crippen LogP contribution in [0.15, 0.2) is 24.3 Å². The van der Waals surface area contributed by atoms with E-state index in [0.717, 1.165) is 12.0 Å². The molecule has 1 saturated heterocycles. The van der Waals surface area contributed by atoms with Crippen molar-refractivity contribution in [1.82, 2.24) is 10.2 Å². The van der Waals surface area contributed by atoms with Gasteiger partial charge < -0.3 is 10.2 Å². The fourth-order valence-corrected chi connectivity index (χ4v) is 3.75. The van der Waals surface area contributed by atoms with E-state index in [1.165, 1.54) is 0 Å². The molecule has 1 N–H and O–H groups in total. The molecule has 0 aromatic heterocycles. The van der Waals surface area contributed by atoms with E-state index in [9.17, 15) is 9.59 Å². The molecule has 1 aromatic rings. The number of benzene rings is 1. The lowest BCUT2D eigenvalue weighted by molar-refractivity contribution is -0.153. The van der Waals surface area contributed by atoms with Gasteiger partial charge in [-0.3, -0.25) is 9.59 Å². The van der Waals surface area contributed by atoms with Gasteiger partial charge in [-0.1, -0.05) is 44.5 Å². The molecule has 138 valence electrons. The van der Waals surface area contributed by atoms with Crippen molar-refractivity contribution in [1.29, 1.82) is 0 Å². The molecule has 0 saturated carbocycles. The molecular formula is C20H29ClN2O2. The molecule has 2 atom stereocenters. The van der Waals surface area contributed by atoms with E-state index in [0.29, 0.717) is 30.5 Å². The quantitative estimate of drug-likeness (QED) is 0.822. The highest BCUT2D eigenvalue weighted by Gasteiger charge is 2.45. The molecule has 4 nitrogen and oxygen atoms in total. The third kappa shape index (κ3) is 4.75. The van der Waals surface area contributed by atoms with Crippen molar-refractivity contribution >= 4 is 23.4 Å². The monoisotopic (exact) mass is 364 g/mol. The van der Waals surface area contributed by atoms with Crippen molar-refractivity contribution in [2.24, 2.45) is 11.3 Å². The predicted molar refractivity (Wildman–Crippen MR) is 101 cm³/mol. The van der Waals surface area contributed by atoms with Crippen molar-refractivity contribution in [2.75, 3.05) is 13.1 Å². The summed E-state index contributed by atoms with van der Waals surface area (Å²) in [4.78, 5) is 27.3. The van der Waals surface area contributed by atoms with E-state index >= 15 is 0 Å². The number of hydrogen-bond acceptors (Lipinski definition) is 2. The summed E-state index contributed by atoms with van der Waals surface area (Å²) in [6, 6.07) is 7.80. The van der Waals surface area contributed by atoms with Gasteiger partial charge in [0, 0.05) is 24.5 Å². The van der Waals surface area contributed by atoms with Gasteiger partial charge in [0.15, 0.2) is 0 Å². The van der Waals surface area contributed by atoms with E-state index in [1.807, 2.05) is 43.0 Å². The van der Waals surface area contributed by atoms with E-state index in [1.54, 1.807) is 0 Å². The van der Waals surface area contributed by atoms with Crippen LogP contribution in [-0.4, -0.2) is 29.8 Å². The summed E-state index contributed by atoms with van der Waals surface area (Å²) in [7, 11) is 0. The van der Waals surface area contributed by atoms with Gasteiger partial charge in [0.05, 0.1) is 11.5 Å². The number of amides is 2. The Labute approximate surface area is 155 Å². The van der Waals surface area contributed by atoms with Gasteiger partial charge >= 0.3 is 0 Å². The summed E-state index contributed by atoms with van der Waals surface area (Å²) in [5.41, 5.74) is 0.482. The highest BCUT2D eigenvalue weighted by Crippen LogP contribution is 2.43. The summed E-state index contributed by atoms with van der Waals surface area (Å²) in [5.74, 6) is 0.400. The Kier molecular flexibility index (Phi) is 6.50. The van der Waals surface area contributed by atoms with Crippen LogP contribution in [0.5, 0.6) is 0 Å². The molecule has 0 radical (unpaired) electrons. The van der Waals surface area contributed by atoms with Crippen LogP contribution in [0.3, 0.4) is 0 Å². The molecular weight excluding hydrogens is 336 g/mol. The predicted octanol–water partition coefficient (Wildman–Crippen LogP) is 4.19. The molecule has 2 amide bonds. The normalized spacial score (nSPS) is 23.8. The number of rotatable bonds is 6. The summed E-state index contributed by atoms with van der Waals surface area (Å²) >= 11 is 6.01. The largest absolute Gasteiger partial charge is 0.356 e. The Morgan fingerprint density at radius 1 is 1.36 bits per heavy atom. The zero-order valence-electron chi connectivity index (χ0n) is 15.6. The third-order valence-corrected chi connectivity index (χ3v) is 5.12. The number of carbonyl (C=O) groups excluding carboxylic acids is 2. The summed E-state index contributed by atoms with van der Waals surface area (Å²) in [6.45, 7) is 9.33. The summed E-state index contributed by atoms with van der Waals surface area (Å²) < 4.78 is 0. The topological polar surface area (TPSA) is 49.4 Å². The number of likely N-dealkylation sites (tertiary alicyclic amines) is 1. The number of halogens is 1. The summed E-state index contributed by atoms with van der Waals surface area (Å²) in [6.07, 6.45) is 1.82. The minimum absolute atomic E-state index is 0.0483.